The number of ether oxygens (including phenoxy) is 1. The van der Waals surface area contributed by atoms with Crippen LogP contribution in [0, 0.1) is 18.6 Å². The fourth-order valence-corrected chi connectivity index (χ4v) is 4.38. The van der Waals surface area contributed by atoms with Crippen LogP contribution >= 0.6 is 0 Å². The van der Waals surface area contributed by atoms with Crippen LogP contribution in [-0.2, 0) is 19.6 Å². The standard InChI is InChI=1S/C29H28N2O2.C6H4F2/c1-3-12-26-28(22(2)30-31(29(26)32)20-19-23-13-6-4-7-14-23)25-17-10-11-18-27(25)33-21-24-15-8-5-9-16-24;7-5-3-1-2-4-6(5)8/h3-18H,19-21H2,1-2H3;1-4H/b12-3+;. The van der Waals surface area contributed by atoms with E-state index in [2.05, 4.69) is 17.2 Å². The smallest absolute Gasteiger partial charge is 0.274 e. The first-order valence-electron chi connectivity index (χ1n) is 13.4. The second-order valence-corrected chi connectivity index (χ2v) is 9.32. The number of hydrogen-bond acceptors (Lipinski definition) is 3. The van der Waals surface area contributed by atoms with Crippen LogP contribution in [0.3, 0.4) is 0 Å². The summed E-state index contributed by atoms with van der Waals surface area (Å²) in [6.07, 6.45) is 4.52. The molecule has 1 aromatic heterocycles. The maximum atomic E-state index is 13.4. The Morgan fingerprint density at radius 2 is 1.34 bits per heavy atom. The molecule has 5 aromatic rings. The van der Waals surface area contributed by atoms with Gasteiger partial charge in [0, 0.05) is 17.7 Å². The Kier molecular flexibility index (Phi) is 10.3. The van der Waals surface area contributed by atoms with Crippen LogP contribution in [0.1, 0.15) is 29.3 Å². The summed E-state index contributed by atoms with van der Waals surface area (Å²) < 4.78 is 31.6. The van der Waals surface area contributed by atoms with Crippen molar-refractivity contribution in [1.29, 1.82) is 0 Å². The lowest BCUT2D eigenvalue weighted by Gasteiger charge is -2.17. The van der Waals surface area contributed by atoms with Gasteiger partial charge in [-0.1, -0.05) is 103 Å². The van der Waals surface area contributed by atoms with Crippen LogP contribution < -0.4 is 10.3 Å². The highest BCUT2D eigenvalue weighted by Gasteiger charge is 2.18. The molecular formula is C35H32F2N2O2. The second kappa shape index (κ2) is 14.5. The quantitative estimate of drug-likeness (QED) is 0.196. The molecule has 4 aromatic carbocycles. The third-order valence-electron chi connectivity index (χ3n) is 6.37. The van der Waals surface area contributed by atoms with Gasteiger partial charge < -0.3 is 4.74 Å². The van der Waals surface area contributed by atoms with E-state index in [1.54, 1.807) is 4.68 Å². The second-order valence-electron chi connectivity index (χ2n) is 9.32. The molecule has 0 fully saturated rings. The third-order valence-corrected chi connectivity index (χ3v) is 6.37. The Bertz CT molecular complexity index is 1630. The SMILES string of the molecule is C/C=C/c1c(-c2ccccc2OCc2ccccc2)c(C)nn(CCc2ccccc2)c1=O.Fc1ccccc1F. The number of rotatable bonds is 8. The molecule has 0 aliphatic heterocycles. The number of hydrogen-bond donors (Lipinski definition) is 0. The van der Waals surface area contributed by atoms with E-state index in [1.807, 2.05) is 98.8 Å². The lowest BCUT2D eigenvalue weighted by molar-refractivity contribution is 0.307. The summed E-state index contributed by atoms with van der Waals surface area (Å²) in [6, 6.07) is 33.1. The number of allylic oxidation sites excluding steroid dienone is 1. The molecule has 0 atom stereocenters. The average Bonchev–Trinajstić information content (AvgIpc) is 3.00. The van der Waals surface area contributed by atoms with E-state index >= 15 is 0 Å². The number of para-hydroxylation sites is 1. The summed E-state index contributed by atoms with van der Waals surface area (Å²) in [7, 11) is 0. The molecule has 208 valence electrons. The van der Waals surface area contributed by atoms with Crippen LogP contribution in [0.2, 0.25) is 0 Å². The predicted octanol–water partition coefficient (Wildman–Crippen LogP) is 8.04. The zero-order valence-electron chi connectivity index (χ0n) is 23.1. The van der Waals surface area contributed by atoms with Gasteiger partial charge in [-0.15, -0.1) is 0 Å². The summed E-state index contributed by atoms with van der Waals surface area (Å²) in [4.78, 5) is 13.4. The minimum atomic E-state index is -0.799. The van der Waals surface area contributed by atoms with Crippen molar-refractivity contribution in [2.24, 2.45) is 0 Å². The van der Waals surface area contributed by atoms with E-state index in [9.17, 15) is 13.6 Å². The van der Waals surface area contributed by atoms with E-state index in [-0.39, 0.29) is 5.56 Å². The first-order chi connectivity index (χ1) is 20.0. The lowest BCUT2D eigenvalue weighted by atomic mass is 9.98. The molecule has 0 saturated heterocycles. The van der Waals surface area contributed by atoms with Crippen LogP contribution in [0.4, 0.5) is 8.78 Å². The van der Waals surface area contributed by atoms with E-state index < -0.39 is 11.6 Å². The van der Waals surface area contributed by atoms with E-state index in [0.29, 0.717) is 18.7 Å². The molecule has 41 heavy (non-hydrogen) atoms. The molecule has 1 heterocycles. The van der Waals surface area contributed by atoms with Crippen molar-refractivity contribution in [2.75, 3.05) is 0 Å². The van der Waals surface area contributed by atoms with Crippen molar-refractivity contribution in [3.8, 4) is 16.9 Å². The Balaban J connectivity index is 0.000000417. The maximum absolute atomic E-state index is 13.4. The highest BCUT2D eigenvalue weighted by Crippen LogP contribution is 2.34. The monoisotopic (exact) mass is 550 g/mol. The van der Waals surface area contributed by atoms with Gasteiger partial charge in [0.15, 0.2) is 11.6 Å². The molecule has 0 bridgehead atoms. The van der Waals surface area contributed by atoms with Crippen LogP contribution in [-0.4, -0.2) is 9.78 Å². The minimum Gasteiger partial charge on any atom is -0.488 e. The first-order valence-corrected chi connectivity index (χ1v) is 13.4. The molecule has 0 aliphatic carbocycles. The molecular weight excluding hydrogens is 518 g/mol. The van der Waals surface area contributed by atoms with Gasteiger partial charge in [-0.2, -0.15) is 5.10 Å². The zero-order valence-corrected chi connectivity index (χ0v) is 23.1. The topological polar surface area (TPSA) is 44.1 Å². The van der Waals surface area contributed by atoms with Crippen molar-refractivity contribution in [3.63, 3.8) is 0 Å². The number of nitrogens with zero attached hydrogens (tertiary/aromatic N) is 2. The maximum Gasteiger partial charge on any atom is 0.274 e. The van der Waals surface area contributed by atoms with Gasteiger partial charge in [0.1, 0.15) is 12.4 Å². The molecule has 5 rings (SSSR count). The van der Waals surface area contributed by atoms with Gasteiger partial charge in [-0.05, 0) is 49.6 Å². The zero-order chi connectivity index (χ0) is 29.0. The average molecular weight is 551 g/mol. The van der Waals surface area contributed by atoms with Gasteiger partial charge in [0.05, 0.1) is 11.3 Å². The summed E-state index contributed by atoms with van der Waals surface area (Å²) in [5.74, 6) is -0.863. The Hall–Kier alpha value is -4.84. The van der Waals surface area contributed by atoms with Crippen molar-refractivity contribution in [3.05, 3.63) is 160 Å². The number of aryl methyl sites for hydroxylation is 3. The minimum absolute atomic E-state index is 0.0949. The summed E-state index contributed by atoms with van der Waals surface area (Å²) >= 11 is 0. The highest BCUT2D eigenvalue weighted by molar-refractivity contribution is 5.80. The first kappa shape index (κ1) is 29.2. The van der Waals surface area contributed by atoms with Gasteiger partial charge >= 0.3 is 0 Å². The molecule has 4 nitrogen and oxygen atoms in total. The largest absolute Gasteiger partial charge is 0.488 e. The number of benzene rings is 4. The Morgan fingerprint density at radius 3 is 1.95 bits per heavy atom. The summed E-state index contributed by atoms with van der Waals surface area (Å²) in [5, 5.41) is 4.68. The molecule has 6 heteroatoms. The number of halogens is 2. The molecule has 0 amide bonds. The molecule has 0 N–H and O–H groups in total. The van der Waals surface area contributed by atoms with E-state index in [4.69, 9.17) is 4.74 Å². The number of aromatic nitrogens is 2. The lowest BCUT2D eigenvalue weighted by Crippen LogP contribution is -2.27. The normalized spacial score (nSPS) is 10.7. The fraction of sp³-hybridized carbons (Fsp3) is 0.143. The Morgan fingerprint density at radius 1 is 0.780 bits per heavy atom. The van der Waals surface area contributed by atoms with Crippen LogP contribution in [0.25, 0.3) is 17.2 Å². The van der Waals surface area contributed by atoms with Gasteiger partial charge in [0.2, 0.25) is 0 Å². The van der Waals surface area contributed by atoms with Gasteiger partial charge in [0.25, 0.3) is 5.56 Å². The van der Waals surface area contributed by atoms with Gasteiger partial charge in [-0.25, -0.2) is 13.5 Å². The Labute approximate surface area is 239 Å². The van der Waals surface area contributed by atoms with Crippen molar-refractivity contribution in [1.82, 2.24) is 9.78 Å². The molecule has 0 spiro atoms. The van der Waals surface area contributed by atoms with Crippen LogP contribution in [0.5, 0.6) is 5.75 Å². The van der Waals surface area contributed by atoms with Crippen molar-refractivity contribution in [2.45, 2.75) is 33.4 Å². The highest BCUT2D eigenvalue weighted by atomic mass is 19.2. The molecule has 0 aliphatic rings. The fourth-order valence-electron chi connectivity index (χ4n) is 4.38. The molecule has 0 unspecified atom stereocenters. The van der Waals surface area contributed by atoms with E-state index in [1.165, 1.54) is 17.7 Å². The summed E-state index contributed by atoms with van der Waals surface area (Å²) in [5.41, 5.74) is 5.30. The van der Waals surface area contributed by atoms with E-state index in [0.717, 1.165) is 46.7 Å². The predicted molar refractivity (Wildman–Crippen MR) is 161 cm³/mol. The molecule has 0 radical (unpaired) electrons. The van der Waals surface area contributed by atoms with Crippen molar-refractivity contribution < 1.29 is 13.5 Å². The molecule has 0 saturated carbocycles. The summed E-state index contributed by atoms with van der Waals surface area (Å²) in [6.45, 7) is 4.86. The third kappa shape index (κ3) is 7.85. The van der Waals surface area contributed by atoms with Crippen LogP contribution in [0.15, 0.2) is 120 Å². The van der Waals surface area contributed by atoms with Crippen molar-refractivity contribution >= 4 is 6.08 Å². The van der Waals surface area contributed by atoms with Gasteiger partial charge in [-0.3, -0.25) is 4.79 Å².